The second-order valence-electron chi connectivity index (χ2n) is 2.69. The van der Waals surface area contributed by atoms with Gasteiger partial charge in [0.1, 0.15) is 5.82 Å². The van der Waals surface area contributed by atoms with Crippen molar-refractivity contribution in [2.24, 2.45) is 0 Å². The number of hydrogen-bond acceptors (Lipinski definition) is 1. The SMILES string of the molecule is O=C(O)/C=C/Cc1ccc(F)c(Cl)c1. The zero-order valence-corrected chi connectivity index (χ0v) is 7.96. The van der Waals surface area contributed by atoms with Gasteiger partial charge < -0.3 is 5.11 Å². The van der Waals surface area contributed by atoms with E-state index in [1.54, 1.807) is 6.07 Å². The van der Waals surface area contributed by atoms with Gasteiger partial charge in [-0.1, -0.05) is 23.7 Å². The molecule has 0 saturated carbocycles. The lowest BCUT2D eigenvalue weighted by molar-refractivity contribution is -0.131. The molecule has 0 heterocycles. The maximum atomic E-state index is 12.7. The minimum Gasteiger partial charge on any atom is -0.478 e. The molecule has 0 fully saturated rings. The highest BCUT2D eigenvalue weighted by atomic mass is 35.5. The summed E-state index contributed by atoms with van der Waals surface area (Å²) in [6.45, 7) is 0. The molecule has 1 N–H and O–H groups in total. The summed E-state index contributed by atoms with van der Waals surface area (Å²) in [6.07, 6.45) is 2.94. The van der Waals surface area contributed by atoms with Gasteiger partial charge >= 0.3 is 5.97 Å². The molecule has 0 spiro atoms. The Balaban J connectivity index is 2.69. The predicted molar refractivity (Wildman–Crippen MR) is 51.9 cm³/mol. The Morgan fingerprint density at radius 2 is 2.29 bits per heavy atom. The Morgan fingerprint density at radius 3 is 2.86 bits per heavy atom. The first kappa shape index (κ1) is 10.7. The summed E-state index contributed by atoms with van der Waals surface area (Å²) in [5.41, 5.74) is 0.772. The van der Waals surface area contributed by atoms with Gasteiger partial charge in [-0.25, -0.2) is 9.18 Å². The van der Waals surface area contributed by atoms with Crippen LogP contribution in [0.4, 0.5) is 4.39 Å². The number of allylic oxidation sites excluding steroid dienone is 1. The van der Waals surface area contributed by atoms with E-state index >= 15 is 0 Å². The van der Waals surface area contributed by atoms with Gasteiger partial charge in [0, 0.05) is 6.08 Å². The number of halogens is 2. The van der Waals surface area contributed by atoms with E-state index in [2.05, 4.69) is 0 Å². The Bertz CT molecular complexity index is 374. The molecule has 1 aromatic rings. The van der Waals surface area contributed by atoms with Gasteiger partial charge in [0.05, 0.1) is 5.02 Å². The Hall–Kier alpha value is -1.35. The van der Waals surface area contributed by atoms with E-state index in [1.807, 2.05) is 0 Å². The summed E-state index contributed by atoms with van der Waals surface area (Å²) < 4.78 is 12.7. The summed E-state index contributed by atoms with van der Waals surface area (Å²) in [5.74, 6) is -1.48. The molecule has 0 unspecified atom stereocenters. The van der Waals surface area contributed by atoms with E-state index in [1.165, 1.54) is 18.2 Å². The standard InChI is InChI=1S/C10H8ClFO2/c11-8-6-7(4-5-9(8)12)2-1-3-10(13)14/h1,3-6H,2H2,(H,13,14)/b3-1+. The second-order valence-corrected chi connectivity index (χ2v) is 3.10. The van der Waals surface area contributed by atoms with Crippen molar-refractivity contribution in [1.82, 2.24) is 0 Å². The van der Waals surface area contributed by atoms with Crippen LogP contribution in [0.2, 0.25) is 5.02 Å². The van der Waals surface area contributed by atoms with Crippen LogP contribution < -0.4 is 0 Å². The van der Waals surface area contributed by atoms with Gasteiger partial charge in [0.15, 0.2) is 0 Å². The average Bonchev–Trinajstić information content (AvgIpc) is 2.10. The predicted octanol–water partition coefficient (Wildman–Crippen LogP) is 2.66. The van der Waals surface area contributed by atoms with Crippen LogP contribution in [0.15, 0.2) is 30.4 Å². The fraction of sp³-hybridized carbons (Fsp3) is 0.100. The van der Waals surface area contributed by atoms with Crippen molar-refractivity contribution in [2.45, 2.75) is 6.42 Å². The summed E-state index contributed by atoms with van der Waals surface area (Å²) >= 11 is 5.54. The van der Waals surface area contributed by atoms with Crippen molar-refractivity contribution in [3.8, 4) is 0 Å². The average molecular weight is 215 g/mol. The fourth-order valence-electron chi connectivity index (χ4n) is 0.962. The number of rotatable bonds is 3. The summed E-state index contributed by atoms with van der Waals surface area (Å²) in [6, 6.07) is 4.29. The molecule has 0 aliphatic rings. The first-order valence-electron chi connectivity index (χ1n) is 3.93. The maximum Gasteiger partial charge on any atom is 0.327 e. The summed E-state index contributed by atoms with van der Waals surface area (Å²) in [7, 11) is 0. The second kappa shape index (κ2) is 4.77. The highest BCUT2D eigenvalue weighted by molar-refractivity contribution is 6.30. The fourth-order valence-corrected chi connectivity index (χ4v) is 1.17. The number of carbonyl (C=O) groups is 1. The third kappa shape index (κ3) is 3.18. The summed E-state index contributed by atoms with van der Waals surface area (Å²) in [5, 5.41) is 8.36. The van der Waals surface area contributed by atoms with Crippen LogP contribution in [0.5, 0.6) is 0 Å². The van der Waals surface area contributed by atoms with E-state index in [-0.39, 0.29) is 5.02 Å². The number of carboxylic acids is 1. The van der Waals surface area contributed by atoms with Gasteiger partial charge in [0.2, 0.25) is 0 Å². The van der Waals surface area contributed by atoms with Crippen LogP contribution >= 0.6 is 11.6 Å². The van der Waals surface area contributed by atoms with Crippen LogP contribution in [0, 0.1) is 5.82 Å². The van der Waals surface area contributed by atoms with Crippen LogP contribution in [0.1, 0.15) is 5.56 Å². The number of carboxylic acid groups (broad SMARTS) is 1. The van der Waals surface area contributed by atoms with Gasteiger partial charge in [-0.15, -0.1) is 0 Å². The lowest BCUT2D eigenvalue weighted by Crippen LogP contribution is -1.88. The smallest absolute Gasteiger partial charge is 0.327 e. The molecule has 4 heteroatoms. The summed E-state index contributed by atoms with van der Waals surface area (Å²) in [4.78, 5) is 10.1. The lowest BCUT2D eigenvalue weighted by Gasteiger charge is -1.97. The monoisotopic (exact) mass is 214 g/mol. The molecule has 0 aliphatic heterocycles. The normalized spacial score (nSPS) is 10.7. The molecule has 0 aliphatic carbocycles. The van der Waals surface area contributed by atoms with E-state index in [0.717, 1.165) is 11.6 Å². The van der Waals surface area contributed by atoms with Crippen molar-refractivity contribution in [3.05, 3.63) is 46.8 Å². The molecule has 0 aromatic heterocycles. The molecule has 1 aromatic carbocycles. The van der Waals surface area contributed by atoms with Crippen molar-refractivity contribution in [3.63, 3.8) is 0 Å². The first-order chi connectivity index (χ1) is 6.59. The van der Waals surface area contributed by atoms with Crippen LogP contribution in [-0.4, -0.2) is 11.1 Å². The molecule has 0 atom stereocenters. The van der Waals surface area contributed by atoms with E-state index < -0.39 is 11.8 Å². The van der Waals surface area contributed by atoms with Crippen LogP contribution in [0.3, 0.4) is 0 Å². The number of benzene rings is 1. The first-order valence-corrected chi connectivity index (χ1v) is 4.31. The minimum atomic E-state index is -1.00. The third-order valence-electron chi connectivity index (χ3n) is 1.60. The molecular weight excluding hydrogens is 207 g/mol. The largest absolute Gasteiger partial charge is 0.478 e. The van der Waals surface area contributed by atoms with Gasteiger partial charge in [-0.2, -0.15) is 0 Å². The number of hydrogen-bond donors (Lipinski definition) is 1. The number of aliphatic carboxylic acids is 1. The topological polar surface area (TPSA) is 37.3 Å². The van der Waals surface area contributed by atoms with Gasteiger partial charge in [-0.05, 0) is 24.1 Å². The highest BCUT2D eigenvalue weighted by Gasteiger charge is 1.99. The molecule has 0 amide bonds. The van der Waals surface area contributed by atoms with E-state index in [0.29, 0.717) is 6.42 Å². The van der Waals surface area contributed by atoms with E-state index in [4.69, 9.17) is 16.7 Å². The Labute approximate surface area is 85.6 Å². The van der Waals surface area contributed by atoms with Crippen LogP contribution in [0.25, 0.3) is 0 Å². The maximum absolute atomic E-state index is 12.7. The molecule has 0 saturated heterocycles. The van der Waals surface area contributed by atoms with Crippen LogP contribution in [-0.2, 0) is 11.2 Å². The molecule has 0 radical (unpaired) electrons. The molecule has 0 bridgehead atoms. The quantitative estimate of drug-likeness (QED) is 0.786. The van der Waals surface area contributed by atoms with Crippen molar-refractivity contribution >= 4 is 17.6 Å². The molecule has 2 nitrogen and oxygen atoms in total. The Kier molecular flexibility index (Phi) is 3.65. The molecular formula is C10H8ClFO2. The van der Waals surface area contributed by atoms with Crippen molar-refractivity contribution in [1.29, 1.82) is 0 Å². The third-order valence-corrected chi connectivity index (χ3v) is 1.89. The van der Waals surface area contributed by atoms with E-state index in [9.17, 15) is 9.18 Å². The van der Waals surface area contributed by atoms with Crippen molar-refractivity contribution in [2.75, 3.05) is 0 Å². The molecule has 1 rings (SSSR count). The zero-order valence-electron chi connectivity index (χ0n) is 7.21. The lowest BCUT2D eigenvalue weighted by atomic mass is 10.1. The minimum absolute atomic E-state index is 0.0474. The Morgan fingerprint density at radius 1 is 1.57 bits per heavy atom. The molecule has 74 valence electrons. The van der Waals surface area contributed by atoms with Crippen molar-refractivity contribution < 1.29 is 14.3 Å². The van der Waals surface area contributed by atoms with Gasteiger partial charge in [-0.3, -0.25) is 0 Å². The molecule has 14 heavy (non-hydrogen) atoms. The zero-order chi connectivity index (χ0) is 10.6. The van der Waals surface area contributed by atoms with Gasteiger partial charge in [0.25, 0.3) is 0 Å². The highest BCUT2D eigenvalue weighted by Crippen LogP contribution is 2.16.